The van der Waals surface area contributed by atoms with E-state index < -0.39 is 23.2 Å². The molecule has 0 amide bonds. The van der Waals surface area contributed by atoms with Gasteiger partial charge in [-0.3, -0.25) is 0 Å². The summed E-state index contributed by atoms with van der Waals surface area (Å²) in [4.78, 5) is 13.4. The number of fused-ring (bicyclic) bond motifs is 3. The van der Waals surface area contributed by atoms with Gasteiger partial charge in [0.2, 0.25) is 0 Å². The first-order valence-electron chi connectivity index (χ1n) is 15.0. The standard InChI is InChI=1S/C37H28O9P2/c1-21-17-25(39-3)19-28(35(21)44-47-41-30-13-7-10-24-11-8-14-31(42-47)33(24)30)29-20-26(40-4)18-22(2)36(29)45-48-43-32-16-15-23-9-5-6-12-27(23)34(32)37(38)46-48/h5-20H,1-4H3. The van der Waals surface area contributed by atoms with E-state index in [4.69, 9.17) is 36.6 Å². The first kappa shape index (κ1) is 30.1. The van der Waals surface area contributed by atoms with Crippen molar-refractivity contribution in [1.82, 2.24) is 0 Å². The van der Waals surface area contributed by atoms with Crippen LogP contribution in [0.4, 0.5) is 0 Å². The lowest BCUT2D eigenvalue weighted by Gasteiger charge is -2.27. The van der Waals surface area contributed by atoms with Crippen LogP contribution in [0.3, 0.4) is 0 Å². The Morgan fingerprint density at radius 3 is 1.71 bits per heavy atom. The van der Waals surface area contributed by atoms with E-state index in [1.54, 1.807) is 20.3 Å². The number of carbonyl (C=O) groups is 1. The number of benzene rings is 6. The average molecular weight is 679 g/mol. The van der Waals surface area contributed by atoms with Crippen molar-refractivity contribution in [2.45, 2.75) is 13.8 Å². The highest BCUT2D eigenvalue weighted by Gasteiger charge is 2.36. The Hall–Kier alpha value is -5.23. The molecule has 48 heavy (non-hydrogen) atoms. The molecule has 11 heteroatoms. The number of aryl methyl sites for hydroxylation is 2. The summed E-state index contributed by atoms with van der Waals surface area (Å²) in [5.74, 6) is 3.35. The minimum absolute atomic E-state index is 0.369. The lowest BCUT2D eigenvalue weighted by atomic mass is 9.98. The van der Waals surface area contributed by atoms with E-state index >= 15 is 0 Å². The Balaban J connectivity index is 1.19. The van der Waals surface area contributed by atoms with Crippen LogP contribution in [0, 0.1) is 13.8 Å². The monoisotopic (exact) mass is 678 g/mol. The van der Waals surface area contributed by atoms with Crippen molar-refractivity contribution in [2.75, 3.05) is 14.2 Å². The van der Waals surface area contributed by atoms with E-state index in [0.717, 1.165) is 32.7 Å². The Morgan fingerprint density at radius 2 is 1.10 bits per heavy atom. The third-order valence-electron chi connectivity index (χ3n) is 8.19. The molecule has 0 aromatic heterocycles. The fourth-order valence-electron chi connectivity index (χ4n) is 5.94. The zero-order chi connectivity index (χ0) is 32.9. The van der Waals surface area contributed by atoms with Crippen LogP contribution in [-0.4, -0.2) is 20.2 Å². The highest BCUT2D eigenvalue weighted by atomic mass is 31.2. The van der Waals surface area contributed by atoms with Crippen LogP contribution >= 0.6 is 17.2 Å². The summed E-state index contributed by atoms with van der Waals surface area (Å²) in [6.07, 6.45) is 0. The van der Waals surface area contributed by atoms with Crippen molar-refractivity contribution >= 4 is 44.7 Å². The summed E-state index contributed by atoms with van der Waals surface area (Å²) in [7, 11) is -0.869. The van der Waals surface area contributed by atoms with Crippen molar-refractivity contribution in [2.24, 2.45) is 0 Å². The summed E-state index contributed by atoms with van der Waals surface area (Å²) in [5, 5.41) is 3.56. The molecular weight excluding hydrogens is 650 g/mol. The molecule has 2 heterocycles. The Labute approximate surface area is 278 Å². The molecule has 240 valence electrons. The summed E-state index contributed by atoms with van der Waals surface area (Å²) in [5.41, 5.74) is 3.09. The molecule has 0 radical (unpaired) electrons. The topological polar surface area (TPSA) is 90.9 Å². The van der Waals surface area contributed by atoms with E-state index in [1.807, 2.05) is 105 Å². The van der Waals surface area contributed by atoms with E-state index in [1.165, 1.54) is 0 Å². The van der Waals surface area contributed by atoms with Crippen LogP contribution in [0.15, 0.2) is 97.1 Å². The second-order valence-electron chi connectivity index (χ2n) is 11.2. The molecule has 6 aromatic carbocycles. The maximum Gasteiger partial charge on any atom is 0.532 e. The van der Waals surface area contributed by atoms with Crippen molar-refractivity contribution in [3.8, 4) is 51.4 Å². The molecule has 1 atom stereocenters. The van der Waals surface area contributed by atoms with Gasteiger partial charge in [-0.2, -0.15) is 0 Å². The molecule has 6 aromatic rings. The summed E-state index contributed by atoms with van der Waals surface area (Å²) in [6, 6.07) is 30.4. The molecular formula is C37H28O9P2. The van der Waals surface area contributed by atoms with E-state index in [9.17, 15) is 4.79 Å². The van der Waals surface area contributed by atoms with Gasteiger partial charge in [0.05, 0.1) is 19.6 Å². The van der Waals surface area contributed by atoms with Crippen molar-refractivity contribution in [3.05, 3.63) is 114 Å². The molecule has 0 aliphatic carbocycles. The van der Waals surface area contributed by atoms with Gasteiger partial charge in [-0.15, -0.1) is 0 Å². The van der Waals surface area contributed by atoms with Crippen molar-refractivity contribution < 1.29 is 41.4 Å². The quantitative estimate of drug-likeness (QED) is 0.153. The molecule has 2 aliphatic heterocycles. The van der Waals surface area contributed by atoms with Gasteiger partial charge >= 0.3 is 23.2 Å². The smallest absolute Gasteiger partial charge is 0.497 e. The fraction of sp³-hybridized carbons (Fsp3) is 0.108. The van der Waals surface area contributed by atoms with Gasteiger partial charge in [-0.25, -0.2) is 4.79 Å². The van der Waals surface area contributed by atoms with Gasteiger partial charge in [-0.05, 0) is 83.6 Å². The number of methoxy groups -OCH3 is 2. The Bertz CT molecular complexity index is 2210. The van der Waals surface area contributed by atoms with Crippen LogP contribution < -0.4 is 32.1 Å². The summed E-state index contributed by atoms with van der Waals surface area (Å²) >= 11 is 0. The normalized spacial score (nSPS) is 15.1. The summed E-state index contributed by atoms with van der Waals surface area (Å²) in [6.45, 7) is 3.80. The molecule has 0 fully saturated rings. The van der Waals surface area contributed by atoms with E-state index in [2.05, 4.69) is 0 Å². The van der Waals surface area contributed by atoms with Gasteiger partial charge < -0.3 is 36.6 Å². The van der Waals surface area contributed by atoms with Crippen molar-refractivity contribution in [3.63, 3.8) is 0 Å². The number of hydrogen-bond acceptors (Lipinski definition) is 9. The fourth-order valence-corrected chi connectivity index (χ4v) is 8.11. The molecule has 0 saturated heterocycles. The second-order valence-corrected chi connectivity index (χ2v) is 13.2. The lowest BCUT2D eigenvalue weighted by Crippen LogP contribution is -2.15. The van der Waals surface area contributed by atoms with Gasteiger partial charge in [0, 0.05) is 11.1 Å². The zero-order valence-electron chi connectivity index (χ0n) is 26.3. The number of carbonyl (C=O) groups excluding carboxylic acids is 1. The second kappa shape index (κ2) is 12.1. The summed E-state index contributed by atoms with van der Waals surface area (Å²) < 4.78 is 48.8. The maximum atomic E-state index is 13.4. The number of hydrogen-bond donors (Lipinski definition) is 0. The lowest BCUT2D eigenvalue weighted by molar-refractivity contribution is 0.0700. The van der Waals surface area contributed by atoms with Gasteiger partial charge in [-0.1, -0.05) is 54.6 Å². The Morgan fingerprint density at radius 1 is 0.562 bits per heavy atom. The molecule has 0 bridgehead atoms. The van der Waals surface area contributed by atoms with Crippen LogP contribution in [0.1, 0.15) is 21.5 Å². The van der Waals surface area contributed by atoms with Crippen LogP contribution in [0.25, 0.3) is 32.7 Å². The minimum Gasteiger partial charge on any atom is -0.497 e. The van der Waals surface area contributed by atoms with Gasteiger partial charge in [0.15, 0.2) is 0 Å². The highest BCUT2D eigenvalue weighted by Crippen LogP contribution is 2.56. The predicted molar refractivity (Wildman–Crippen MR) is 185 cm³/mol. The van der Waals surface area contributed by atoms with E-state index in [0.29, 0.717) is 56.9 Å². The van der Waals surface area contributed by atoms with Crippen molar-refractivity contribution in [1.29, 1.82) is 0 Å². The van der Waals surface area contributed by atoms with E-state index in [-0.39, 0.29) is 0 Å². The third kappa shape index (κ3) is 5.26. The molecule has 8 rings (SSSR count). The zero-order valence-corrected chi connectivity index (χ0v) is 28.1. The maximum absolute atomic E-state index is 13.4. The first-order valence-corrected chi connectivity index (χ1v) is 17.2. The highest BCUT2D eigenvalue weighted by molar-refractivity contribution is 7.43. The SMILES string of the molecule is COc1cc(C)c(OP2OC(=O)c3c(ccc4ccccc34)O2)c(-c2cc(OC)cc(C)c2OP2Oc3cccc4cccc(c34)O2)c1. The largest absolute Gasteiger partial charge is 0.532 e. The molecule has 0 spiro atoms. The molecule has 9 nitrogen and oxygen atoms in total. The predicted octanol–water partition coefficient (Wildman–Crippen LogP) is 10.2. The van der Waals surface area contributed by atoms with Crippen LogP contribution in [0.5, 0.6) is 40.2 Å². The molecule has 0 N–H and O–H groups in total. The number of rotatable bonds is 7. The molecule has 1 unspecified atom stereocenters. The average Bonchev–Trinajstić information content (AvgIpc) is 3.09. The van der Waals surface area contributed by atoms with Crippen LogP contribution in [-0.2, 0) is 4.52 Å². The minimum atomic E-state index is -2.17. The number of ether oxygens (including phenoxy) is 2. The van der Waals surface area contributed by atoms with Gasteiger partial charge in [0.25, 0.3) is 0 Å². The molecule has 2 aliphatic rings. The Kier molecular flexibility index (Phi) is 7.59. The molecule has 0 saturated carbocycles. The van der Waals surface area contributed by atoms with Gasteiger partial charge in [0.1, 0.15) is 45.8 Å². The first-order chi connectivity index (χ1) is 23.4. The third-order valence-corrected chi connectivity index (χ3v) is 10.2. The van der Waals surface area contributed by atoms with Crippen LogP contribution in [0.2, 0.25) is 0 Å².